The van der Waals surface area contributed by atoms with Gasteiger partial charge in [-0.1, -0.05) is 22.4 Å². The van der Waals surface area contributed by atoms with Crippen molar-refractivity contribution in [3.63, 3.8) is 0 Å². The van der Waals surface area contributed by atoms with Crippen molar-refractivity contribution in [2.75, 3.05) is 14.2 Å². The van der Waals surface area contributed by atoms with E-state index in [1.54, 1.807) is 14.2 Å². The number of benzene rings is 1. The van der Waals surface area contributed by atoms with Gasteiger partial charge in [-0.05, 0) is 36.5 Å². The van der Waals surface area contributed by atoms with Crippen LogP contribution in [0.1, 0.15) is 30.9 Å². The van der Waals surface area contributed by atoms with E-state index in [-0.39, 0.29) is 0 Å². The normalized spacial score (nSPS) is 17.4. The van der Waals surface area contributed by atoms with E-state index in [0.717, 1.165) is 22.9 Å². The third kappa shape index (κ3) is 2.43. The predicted octanol–water partition coefficient (Wildman–Crippen LogP) is 3.30. The Labute approximate surface area is 110 Å². The molecule has 1 fully saturated rings. The zero-order valence-electron chi connectivity index (χ0n) is 10.1. The number of rotatable bonds is 4. The first-order valence-electron chi connectivity index (χ1n) is 5.77. The van der Waals surface area contributed by atoms with E-state index in [1.165, 1.54) is 6.42 Å². The van der Waals surface area contributed by atoms with Crippen molar-refractivity contribution >= 4 is 15.9 Å². The molecule has 0 spiro atoms. The van der Waals surface area contributed by atoms with Gasteiger partial charge in [-0.15, -0.1) is 0 Å². The quantitative estimate of drug-likeness (QED) is 0.927. The fraction of sp³-hybridized carbons (Fsp3) is 0.538. The SMILES string of the molecule is COc1cc(Br)c(C(O)C2CCC2)cc1OC. The molecular weight excluding hydrogens is 284 g/mol. The topological polar surface area (TPSA) is 38.7 Å². The summed E-state index contributed by atoms with van der Waals surface area (Å²) >= 11 is 3.48. The van der Waals surface area contributed by atoms with Gasteiger partial charge in [-0.3, -0.25) is 0 Å². The lowest BCUT2D eigenvalue weighted by molar-refractivity contribution is 0.0613. The van der Waals surface area contributed by atoms with Gasteiger partial charge in [0.15, 0.2) is 11.5 Å². The van der Waals surface area contributed by atoms with Gasteiger partial charge in [0.25, 0.3) is 0 Å². The molecule has 17 heavy (non-hydrogen) atoms. The summed E-state index contributed by atoms with van der Waals surface area (Å²) in [5, 5.41) is 10.3. The maximum Gasteiger partial charge on any atom is 0.161 e. The molecule has 1 aliphatic carbocycles. The second kappa shape index (κ2) is 5.27. The fourth-order valence-electron chi connectivity index (χ4n) is 2.11. The number of ether oxygens (including phenoxy) is 2. The molecule has 1 N–H and O–H groups in total. The molecule has 1 saturated carbocycles. The number of hydrogen-bond acceptors (Lipinski definition) is 3. The molecule has 3 nitrogen and oxygen atoms in total. The molecule has 0 amide bonds. The maximum atomic E-state index is 10.3. The monoisotopic (exact) mass is 300 g/mol. The van der Waals surface area contributed by atoms with Crippen molar-refractivity contribution < 1.29 is 14.6 Å². The van der Waals surface area contributed by atoms with Crippen LogP contribution in [0.3, 0.4) is 0 Å². The zero-order valence-corrected chi connectivity index (χ0v) is 11.7. The largest absolute Gasteiger partial charge is 0.493 e. The van der Waals surface area contributed by atoms with E-state index < -0.39 is 6.10 Å². The highest BCUT2D eigenvalue weighted by Gasteiger charge is 2.28. The van der Waals surface area contributed by atoms with Gasteiger partial charge in [-0.25, -0.2) is 0 Å². The van der Waals surface area contributed by atoms with Crippen LogP contribution in [0, 0.1) is 5.92 Å². The molecule has 0 aliphatic heterocycles. The van der Waals surface area contributed by atoms with Crippen LogP contribution in [0.5, 0.6) is 11.5 Å². The fourth-order valence-corrected chi connectivity index (χ4v) is 2.66. The van der Waals surface area contributed by atoms with Crippen molar-refractivity contribution in [3.8, 4) is 11.5 Å². The van der Waals surface area contributed by atoms with E-state index in [2.05, 4.69) is 15.9 Å². The maximum absolute atomic E-state index is 10.3. The Bertz CT molecular complexity index is 402. The molecule has 0 heterocycles. The number of aliphatic hydroxyl groups is 1. The average Bonchev–Trinajstić information content (AvgIpc) is 2.26. The number of halogens is 1. The van der Waals surface area contributed by atoms with Crippen LogP contribution in [0.15, 0.2) is 16.6 Å². The highest BCUT2D eigenvalue weighted by molar-refractivity contribution is 9.10. The van der Waals surface area contributed by atoms with Crippen molar-refractivity contribution in [3.05, 3.63) is 22.2 Å². The third-order valence-electron chi connectivity index (χ3n) is 3.42. The molecule has 1 atom stereocenters. The minimum atomic E-state index is -0.419. The summed E-state index contributed by atoms with van der Waals surface area (Å²) < 4.78 is 11.3. The second-order valence-electron chi connectivity index (χ2n) is 4.36. The lowest BCUT2D eigenvalue weighted by Crippen LogP contribution is -2.20. The molecule has 1 aromatic rings. The Balaban J connectivity index is 2.32. The van der Waals surface area contributed by atoms with Crippen molar-refractivity contribution in [1.82, 2.24) is 0 Å². The second-order valence-corrected chi connectivity index (χ2v) is 5.22. The predicted molar refractivity (Wildman–Crippen MR) is 69.5 cm³/mol. The van der Waals surface area contributed by atoms with Crippen molar-refractivity contribution in [1.29, 1.82) is 0 Å². The van der Waals surface area contributed by atoms with Gasteiger partial charge < -0.3 is 14.6 Å². The average molecular weight is 301 g/mol. The molecule has 1 aliphatic rings. The lowest BCUT2D eigenvalue weighted by Gasteiger charge is -2.31. The Kier molecular flexibility index (Phi) is 3.94. The summed E-state index contributed by atoms with van der Waals surface area (Å²) in [6, 6.07) is 3.70. The molecule has 1 unspecified atom stereocenters. The van der Waals surface area contributed by atoms with Crippen LogP contribution in [-0.2, 0) is 0 Å². The number of hydrogen-bond donors (Lipinski definition) is 1. The number of aliphatic hydroxyl groups excluding tert-OH is 1. The van der Waals surface area contributed by atoms with E-state index in [0.29, 0.717) is 17.4 Å². The van der Waals surface area contributed by atoms with Crippen LogP contribution in [0.4, 0.5) is 0 Å². The molecule has 0 saturated heterocycles. The minimum Gasteiger partial charge on any atom is -0.493 e. The van der Waals surface area contributed by atoms with Gasteiger partial charge in [0, 0.05) is 4.47 Å². The van der Waals surface area contributed by atoms with E-state index >= 15 is 0 Å². The van der Waals surface area contributed by atoms with Crippen LogP contribution in [0.2, 0.25) is 0 Å². The summed E-state index contributed by atoms with van der Waals surface area (Å²) in [7, 11) is 3.21. The molecular formula is C13H17BrO3. The van der Waals surface area contributed by atoms with E-state index in [9.17, 15) is 5.11 Å². The van der Waals surface area contributed by atoms with Gasteiger partial charge >= 0.3 is 0 Å². The molecule has 94 valence electrons. The first-order valence-corrected chi connectivity index (χ1v) is 6.56. The molecule has 1 aromatic carbocycles. The molecule has 4 heteroatoms. The van der Waals surface area contributed by atoms with E-state index in [1.807, 2.05) is 12.1 Å². The van der Waals surface area contributed by atoms with Gasteiger partial charge in [-0.2, -0.15) is 0 Å². The zero-order chi connectivity index (χ0) is 12.4. The molecule has 0 aromatic heterocycles. The summed E-state index contributed by atoms with van der Waals surface area (Å²) in [5.74, 6) is 1.71. The Hall–Kier alpha value is -0.740. The highest BCUT2D eigenvalue weighted by atomic mass is 79.9. The van der Waals surface area contributed by atoms with Gasteiger partial charge in [0.05, 0.1) is 20.3 Å². The summed E-state index contributed by atoms with van der Waals surface area (Å²) in [6.07, 6.45) is 2.99. The van der Waals surface area contributed by atoms with Crippen LogP contribution < -0.4 is 9.47 Å². The third-order valence-corrected chi connectivity index (χ3v) is 4.10. The van der Waals surface area contributed by atoms with Gasteiger partial charge in [0.2, 0.25) is 0 Å². The smallest absolute Gasteiger partial charge is 0.161 e. The summed E-state index contributed by atoms with van der Waals surface area (Å²) in [4.78, 5) is 0. The lowest BCUT2D eigenvalue weighted by atomic mass is 9.79. The standard InChI is InChI=1S/C13H17BrO3/c1-16-11-6-9(10(14)7-12(11)17-2)13(15)8-4-3-5-8/h6-8,13,15H,3-5H2,1-2H3. The summed E-state index contributed by atoms with van der Waals surface area (Å²) in [5.41, 5.74) is 0.882. The van der Waals surface area contributed by atoms with Crippen LogP contribution in [-0.4, -0.2) is 19.3 Å². The summed E-state index contributed by atoms with van der Waals surface area (Å²) in [6.45, 7) is 0. The Morgan fingerprint density at radius 2 is 1.82 bits per heavy atom. The first kappa shape index (κ1) is 12.7. The highest BCUT2D eigenvalue weighted by Crippen LogP contribution is 2.43. The number of methoxy groups -OCH3 is 2. The van der Waals surface area contributed by atoms with Crippen molar-refractivity contribution in [2.45, 2.75) is 25.4 Å². The van der Waals surface area contributed by atoms with Crippen LogP contribution >= 0.6 is 15.9 Å². The van der Waals surface area contributed by atoms with E-state index in [4.69, 9.17) is 9.47 Å². The first-order chi connectivity index (χ1) is 8.17. The molecule has 0 radical (unpaired) electrons. The molecule has 2 rings (SSSR count). The van der Waals surface area contributed by atoms with Crippen molar-refractivity contribution in [2.24, 2.45) is 5.92 Å². The molecule has 0 bridgehead atoms. The van der Waals surface area contributed by atoms with Gasteiger partial charge in [0.1, 0.15) is 0 Å². The Morgan fingerprint density at radius 3 is 2.29 bits per heavy atom. The van der Waals surface area contributed by atoms with Crippen LogP contribution in [0.25, 0.3) is 0 Å². The Morgan fingerprint density at radius 1 is 1.24 bits per heavy atom. The minimum absolute atomic E-state index is 0.379.